The molecule has 0 N–H and O–H groups in total. The molecule has 0 aromatic heterocycles. The van der Waals surface area contributed by atoms with Crippen LogP contribution in [-0.4, -0.2) is 21.5 Å². The van der Waals surface area contributed by atoms with Crippen LogP contribution in [-0.2, 0) is 15.2 Å². The van der Waals surface area contributed by atoms with Crippen LogP contribution < -0.4 is 0 Å². The van der Waals surface area contributed by atoms with Crippen LogP contribution in [0.15, 0.2) is 0 Å². The largest absolute Gasteiger partial charge is 0.266 e. The minimum absolute atomic E-state index is 1.04. The monoisotopic (exact) mass is 146 g/mol. The Kier molecular flexibility index (Phi) is 3.63. The molecule has 0 fully saturated rings. The molecule has 0 saturated carbocycles. The molecule has 0 saturated heterocycles. The number of halogens is 2. The highest BCUT2D eigenvalue weighted by Crippen LogP contribution is 1.90. The lowest BCUT2D eigenvalue weighted by Crippen LogP contribution is -2.02. The number of hydrogen-bond donors (Lipinski definition) is 1. The van der Waals surface area contributed by atoms with Gasteiger partial charge >= 0.3 is 0 Å². The molecule has 0 aliphatic heterocycles. The third-order valence-electron chi connectivity index (χ3n) is 0.306. The van der Waals surface area contributed by atoms with Crippen molar-refractivity contribution in [2.24, 2.45) is 0 Å². The van der Waals surface area contributed by atoms with Crippen molar-refractivity contribution in [1.29, 1.82) is 0 Å². The average Bonchev–Trinajstić information content (AvgIpc) is 1.61. The van der Waals surface area contributed by atoms with E-state index in [-0.39, 0.29) is 0 Å². The van der Waals surface area contributed by atoms with E-state index in [0.29, 0.717) is 0 Å². The molecule has 0 aromatic rings. The third-order valence-corrected chi connectivity index (χ3v) is 0.666. The molecule has 0 rings (SSSR count). The highest BCUT2D eigenvalue weighted by Gasteiger charge is 2.00. The van der Waals surface area contributed by atoms with Crippen LogP contribution in [0.4, 0.5) is 8.78 Å². The summed E-state index contributed by atoms with van der Waals surface area (Å²) in [4.78, 5) is 0. The summed E-state index contributed by atoms with van der Waals surface area (Å²) in [6.07, 6.45) is -2.72. The Morgan fingerprint density at radius 1 is 1.50 bits per heavy atom. The number of hydrogen-bond acceptors (Lipinski definition) is 3. The normalized spacial score (nSPS) is 11.0. The predicted octanol–water partition coefficient (Wildman–Crippen LogP) is -0.206. The fourth-order valence-electron chi connectivity index (χ4n) is 0.117. The number of alkyl halides is 2. The van der Waals surface area contributed by atoms with Crippen LogP contribution in [0.3, 0.4) is 0 Å². The topological polar surface area (TPSA) is 43.4 Å². The maximum Gasteiger partial charge on any atom is 0.263 e. The molecule has 0 unspecified atom stereocenters. The number of thiol groups is 1. The summed E-state index contributed by atoms with van der Waals surface area (Å²) in [5, 5.41) is 0. The molecule has 0 aliphatic carbocycles. The molecule has 0 bridgehead atoms. The van der Waals surface area contributed by atoms with E-state index in [0.717, 1.165) is 0 Å². The Morgan fingerprint density at radius 2 is 2.00 bits per heavy atom. The molecule has 50 valence electrons. The minimum atomic E-state index is -3.11. The first kappa shape index (κ1) is 7.77. The molecule has 0 aromatic carbocycles. The van der Waals surface area contributed by atoms with Crippen molar-refractivity contribution in [3.05, 3.63) is 0 Å². The summed E-state index contributed by atoms with van der Waals surface area (Å²) in [5.74, 6) is 0. The maximum absolute atomic E-state index is 11.0. The van der Waals surface area contributed by atoms with Gasteiger partial charge in [0.2, 0.25) is 0 Å². The zero-order valence-corrected chi connectivity index (χ0v) is 4.61. The van der Waals surface area contributed by atoms with Crippen molar-refractivity contribution < 1.29 is 21.4 Å². The molecular weight excluding hydrogens is 142 g/mol. The van der Waals surface area contributed by atoms with Crippen molar-refractivity contribution in [3.8, 4) is 0 Å². The van der Waals surface area contributed by atoms with E-state index in [1.807, 2.05) is 0 Å². The second kappa shape index (κ2) is 3.73. The highest BCUT2D eigenvalue weighted by molar-refractivity contribution is 7.67. The van der Waals surface area contributed by atoms with Crippen LogP contribution in [0, 0.1) is 0 Å². The zero-order chi connectivity index (χ0) is 6.57. The van der Waals surface area contributed by atoms with Gasteiger partial charge in [0.1, 0.15) is 6.61 Å². The van der Waals surface area contributed by atoms with Crippen LogP contribution in [0.25, 0.3) is 0 Å². The SMILES string of the molecule is O=[SH](=O)OCC(F)F. The van der Waals surface area contributed by atoms with Gasteiger partial charge in [-0.1, -0.05) is 0 Å². The summed E-state index contributed by atoms with van der Waals surface area (Å²) >= 11 is 0. The molecule has 0 atom stereocenters. The second-order valence-electron chi connectivity index (χ2n) is 0.910. The van der Waals surface area contributed by atoms with E-state index in [9.17, 15) is 17.2 Å². The summed E-state index contributed by atoms with van der Waals surface area (Å²) < 4.78 is 44.3. The summed E-state index contributed by atoms with van der Waals surface area (Å²) in [5.41, 5.74) is 0. The smallest absolute Gasteiger partial charge is 0.263 e. The molecule has 6 heteroatoms. The van der Waals surface area contributed by atoms with Gasteiger partial charge in [-0.25, -0.2) is 17.2 Å². The van der Waals surface area contributed by atoms with Crippen LogP contribution in [0.1, 0.15) is 0 Å². The van der Waals surface area contributed by atoms with E-state index in [1.165, 1.54) is 0 Å². The molecule has 0 spiro atoms. The summed E-state index contributed by atoms with van der Waals surface area (Å²) in [6.45, 7) is -1.04. The van der Waals surface area contributed by atoms with Crippen LogP contribution >= 0.6 is 0 Å². The number of rotatable bonds is 3. The molecule has 0 radical (unpaired) electrons. The van der Waals surface area contributed by atoms with Crippen LogP contribution in [0.2, 0.25) is 0 Å². The Balaban J connectivity index is 3.18. The second-order valence-corrected chi connectivity index (χ2v) is 1.62. The van der Waals surface area contributed by atoms with Crippen molar-refractivity contribution in [3.63, 3.8) is 0 Å². The minimum Gasteiger partial charge on any atom is -0.266 e. The van der Waals surface area contributed by atoms with Crippen molar-refractivity contribution >= 4 is 11.0 Å². The van der Waals surface area contributed by atoms with Gasteiger partial charge < -0.3 is 0 Å². The Hall–Kier alpha value is -0.230. The van der Waals surface area contributed by atoms with E-state index in [1.54, 1.807) is 0 Å². The lowest BCUT2D eigenvalue weighted by Gasteiger charge is -1.90. The van der Waals surface area contributed by atoms with Gasteiger partial charge in [-0.3, -0.25) is 4.18 Å². The van der Waals surface area contributed by atoms with Gasteiger partial charge in [0.05, 0.1) is 0 Å². The van der Waals surface area contributed by atoms with E-state index >= 15 is 0 Å². The zero-order valence-electron chi connectivity index (χ0n) is 3.71. The lowest BCUT2D eigenvalue weighted by molar-refractivity contribution is 0.0873. The predicted molar refractivity (Wildman–Crippen MR) is 22.3 cm³/mol. The standard InChI is InChI=1S/C2H4F2O3S/c3-2(4)1-7-8(5)6/h2,8H,1H2. The summed E-state index contributed by atoms with van der Waals surface area (Å²) in [6, 6.07) is 0. The van der Waals surface area contributed by atoms with Crippen molar-refractivity contribution in [1.82, 2.24) is 0 Å². The Bertz CT molecular complexity index is 112. The average molecular weight is 146 g/mol. The molecule has 3 nitrogen and oxygen atoms in total. The quantitative estimate of drug-likeness (QED) is 0.560. The first-order valence-corrected chi connectivity index (χ1v) is 2.78. The van der Waals surface area contributed by atoms with E-state index in [2.05, 4.69) is 4.18 Å². The van der Waals surface area contributed by atoms with E-state index in [4.69, 9.17) is 0 Å². The van der Waals surface area contributed by atoms with Gasteiger partial charge in [-0.05, 0) is 0 Å². The maximum atomic E-state index is 11.0. The molecule has 0 amide bonds. The van der Waals surface area contributed by atoms with Gasteiger partial charge in [-0.2, -0.15) is 0 Å². The molecule has 0 heterocycles. The van der Waals surface area contributed by atoms with Crippen molar-refractivity contribution in [2.75, 3.05) is 6.61 Å². The van der Waals surface area contributed by atoms with Gasteiger partial charge in [0.25, 0.3) is 17.4 Å². The third kappa shape index (κ3) is 5.77. The first-order chi connectivity index (χ1) is 3.63. The van der Waals surface area contributed by atoms with Crippen molar-refractivity contribution in [2.45, 2.75) is 6.43 Å². The molecular formula is C2H4F2O3S. The Morgan fingerprint density at radius 3 is 2.12 bits per heavy atom. The van der Waals surface area contributed by atoms with Gasteiger partial charge in [-0.15, -0.1) is 0 Å². The molecule has 0 aliphatic rings. The van der Waals surface area contributed by atoms with Crippen LogP contribution in [0.5, 0.6) is 0 Å². The molecule has 8 heavy (non-hydrogen) atoms. The van der Waals surface area contributed by atoms with Gasteiger partial charge in [0, 0.05) is 0 Å². The fraction of sp³-hybridized carbons (Fsp3) is 1.00. The highest BCUT2D eigenvalue weighted by atomic mass is 32.2. The van der Waals surface area contributed by atoms with Gasteiger partial charge in [0.15, 0.2) is 0 Å². The Labute approximate surface area is 46.4 Å². The summed E-state index contributed by atoms with van der Waals surface area (Å²) in [7, 11) is -3.11. The first-order valence-electron chi connectivity index (χ1n) is 1.68. The lowest BCUT2D eigenvalue weighted by atomic mass is 10.8. The fourth-order valence-corrected chi connectivity index (χ4v) is 0.352. The van der Waals surface area contributed by atoms with E-state index < -0.39 is 24.0 Å².